The molecule has 7 heteroatoms. The Labute approximate surface area is 93.7 Å². The zero-order valence-electron chi connectivity index (χ0n) is 8.98. The molecule has 0 amide bonds. The van der Waals surface area contributed by atoms with Crippen molar-refractivity contribution in [1.82, 2.24) is 10.1 Å². The zero-order valence-corrected chi connectivity index (χ0v) is 10.6. The van der Waals surface area contributed by atoms with Gasteiger partial charge in [-0.15, -0.1) is 11.6 Å². The van der Waals surface area contributed by atoms with Gasteiger partial charge in [0.25, 0.3) is 0 Å². The first-order valence-corrected chi connectivity index (χ1v) is 6.67. The number of nitrogens with zero attached hydrogens (tertiary/aromatic N) is 2. The van der Waals surface area contributed by atoms with Crippen LogP contribution >= 0.6 is 11.6 Å². The van der Waals surface area contributed by atoms with Crippen molar-refractivity contribution in [3.63, 3.8) is 0 Å². The van der Waals surface area contributed by atoms with E-state index < -0.39 is 20.0 Å². The van der Waals surface area contributed by atoms with E-state index in [1.807, 2.05) is 0 Å². The molecule has 0 aliphatic heterocycles. The van der Waals surface area contributed by atoms with E-state index in [1.54, 1.807) is 6.92 Å². The number of hydrogen-bond acceptors (Lipinski definition) is 5. The Balaban J connectivity index is 3.17. The van der Waals surface area contributed by atoms with E-state index in [1.165, 1.54) is 13.8 Å². The van der Waals surface area contributed by atoms with Crippen LogP contribution in [-0.2, 0) is 14.6 Å². The molecule has 0 N–H and O–H groups in total. The van der Waals surface area contributed by atoms with Crippen LogP contribution in [0, 0.1) is 0 Å². The predicted octanol–water partition coefficient (Wildman–Crippen LogP) is 1.65. The van der Waals surface area contributed by atoms with E-state index in [2.05, 4.69) is 10.1 Å². The Morgan fingerprint density at radius 3 is 2.33 bits per heavy atom. The third-order valence-corrected chi connectivity index (χ3v) is 4.46. The summed E-state index contributed by atoms with van der Waals surface area (Å²) < 4.78 is 26.6. The van der Waals surface area contributed by atoms with Crippen LogP contribution in [0.4, 0.5) is 0 Å². The van der Waals surface area contributed by atoms with Crippen molar-refractivity contribution in [1.29, 1.82) is 0 Å². The summed E-state index contributed by atoms with van der Waals surface area (Å²) in [5.41, 5.74) is 0. The molecule has 0 saturated carbocycles. The van der Waals surface area contributed by atoms with Crippen molar-refractivity contribution in [2.24, 2.45) is 0 Å². The second-order valence-electron chi connectivity index (χ2n) is 3.86. The quantitative estimate of drug-likeness (QED) is 0.765. The monoisotopic (exact) mass is 252 g/mol. The van der Waals surface area contributed by atoms with Gasteiger partial charge in [-0.3, -0.25) is 0 Å². The first kappa shape index (κ1) is 12.4. The van der Waals surface area contributed by atoms with Gasteiger partial charge in [-0.2, -0.15) is 4.98 Å². The highest BCUT2D eigenvalue weighted by Crippen LogP contribution is 2.28. The molecular weight excluding hydrogens is 240 g/mol. The van der Waals surface area contributed by atoms with Crippen molar-refractivity contribution < 1.29 is 12.9 Å². The van der Waals surface area contributed by atoms with Gasteiger partial charge in [0.05, 0.1) is 5.38 Å². The minimum absolute atomic E-state index is 0.0625. The lowest BCUT2D eigenvalue weighted by Crippen LogP contribution is -2.28. The summed E-state index contributed by atoms with van der Waals surface area (Å²) in [4.78, 5) is 3.96. The van der Waals surface area contributed by atoms with Gasteiger partial charge < -0.3 is 4.52 Å². The van der Waals surface area contributed by atoms with Gasteiger partial charge in [0.15, 0.2) is 15.7 Å². The Hall–Kier alpha value is -0.620. The van der Waals surface area contributed by atoms with Gasteiger partial charge in [-0.1, -0.05) is 5.16 Å². The third-order valence-electron chi connectivity index (χ3n) is 2.24. The average molecular weight is 253 g/mol. The van der Waals surface area contributed by atoms with E-state index >= 15 is 0 Å². The van der Waals surface area contributed by atoms with Crippen molar-refractivity contribution in [3.05, 3.63) is 11.7 Å². The molecule has 0 radical (unpaired) electrons. The standard InChI is InChI=1S/C8H13ClN2O3S/c1-5(9)6-10-7(14-11-6)8(2,3)15(4,12)13/h5H,1-4H3. The minimum Gasteiger partial charge on any atom is -0.338 e. The lowest BCUT2D eigenvalue weighted by atomic mass is 10.2. The fraction of sp³-hybridized carbons (Fsp3) is 0.750. The molecule has 5 nitrogen and oxygen atoms in total. The van der Waals surface area contributed by atoms with E-state index in [0.717, 1.165) is 6.26 Å². The van der Waals surface area contributed by atoms with Gasteiger partial charge in [-0.05, 0) is 20.8 Å². The number of sulfone groups is 1. The summed E-state index contributed by atoms with van der Waals surface area (Å²) >= 11 is 5.75. The molecule has 0 fully saturated rings. The summed E-state index contributed by atoms with van der Waals surface area (Å²) in [5.74, 6) is 0.357. The fourth-order valence-electron chi connectivity index (χ4n) is 0.800. The van der Waals surface area contributed by atoms with Crippen LogP contribution < -0.4 is 0 Å². The topological polar surface area (TPSA) is 73.1 Å². The maximum Gasteiger partial charge on any atom is 0.247 e. The van der Waals surface area contributed by atoms with Crippen LogP contribution in [0.3, 0.4) is 0 Å². The minimum atomic E-state index is -3.31. The molecule has 15 heavy (non-hydrogen) atoms. The van der Waals surface area contributed by atoms with Crippen molar-refractivity contribution in [2.75, 3.05) is 6.26 Å². The van der Waals surface area contributed by atoms with Gasteiger partial charge in [-0.25, -0.2) is 8.42 Å². The molecule has 0 aromatic carbocycles. The number of hydrogen-bond donors (Lipinski definition) is 0. The highest BCUT2D eigenvalue weighted by atomic mass is 35.5. The molecule has 1 heterocycles. The summed E-state index contributed by atoms with van der Waals surface area (Å²) in [7, 11) is -3.31. The van der Waals surface area contributed by atoms with Crippen LogP contribution in [0.25, 0.3) is 0 Å². The number of rotatable bonds is 3. The molecule has 0 saturated heterocycles. The van der Waals surface area contributed by atoms with Gasteiger partial charge in [0.2, 0.25) is 5.89 Å². The lowest BCUT2D eigenvalue weighted by molar-refractivity contribution is 0.344. The zero-order chi connectivity index (χ0) is 11.9. The fourth-order valence-corrected chi connectivity index (χ4v) is 1.29. The molecule has 0 aliphatic rings. The normalized spacial score (nSPS) is 15.3. The molecule has 0 bridgehead atoms. The highest BCUT2D eigenvalue weighted by Gasteiger charge is 2.38. The number of aromatic nitrogens is 2. The smallest absolute Gasteiger partial charge is 0.247 e. The maximum atomic E-state index is 11.5. The molecule has 1 aromatic heterocycles. The molecule has 0 spiro atoms. The largest absolute Gasteiger partial charge is 0.338 e. The molecule has 1 unspecified atom stereocenters. The van der Waals surface area contributed by atoms with Gasteiger partial charge in [0, 0.05) is 6.26 Å². The molecule has 1 atom stereocenters. The van der Waals surface area contributed by atoms with Crippen LogP contribution in [0.15, 0.2) is 4.52 Å². The van der Waals surface area contributed by atoms with Crippen molar-refractivity contribution >= 4 is 21.4 Å². The third kappa shape index (κ3) is 2.31. The van der Waals surface area contributed by atoms with E-state index in [9.17, 15) is 8.42 Å². The first-order chi connectivity index (χ1) is 6.66. The van der Waals surface area contributed by atoms with E-state index in [0.29, 0.717) is 5.82 Å². The van der Waals surface area contributed by atoms with Crippen LogP contribution in [0.2, 0.25) is 0 Å². The number of alkyl halides is 1. The highest BCUT2D eigenvalue weighted by molar-refractivity contribution is 7.91. The first-order valence-electron chi connectivity index (χ1n) is 4.34. The Kier molecular flexibility index (Phi) is 3.11. The molecule has 0 aliphatic carbocycles. The van der Waals surface area contributed by atoms with Gasteiger partial charge >= 0.3 is 0 Å². The Morgan fingerprint density at radius 1 is 1.47 bits per heavy atom. The predicted molar refractivity (Wildman–Crippen MR) is 56.4 cm³/mol. The molecule has 86 valence electrons. The molecule has 1 rings (SSSR count). The van der Waals surface area contributed by atoms with Crippen molar-refractivity contribution in [3.8, 4) is 0 Å². The van der Waals surface area contributed by atoms with Crippen LogP contribution in [-0.4, -0.2) is 24.8 Å². The summed E-state index contributed by atoms with van der Waals surface area (Å²) in [6.45, 7) is 4.71. The number of halogens is 1. The SMILES string of the molecule is CC(Cl)c1noc(C(C)(C)S(C)(=O)=O)n1. The van der Waals surface area contributed by atoms with E-state index in [-0.39, 0.29) is 5.89 Å². The average Bonchev–Trinajstić information content (AvgIpc) is 2.49. The van der Waals surface area contributed by atoms with E-state index in [4.69, 9.17) is 16.1 Å². The lowest BCUT2D eigenvalue weighted by Gasteiger charge is -2.16. The van der Waals surface area contributed by atoms with Gasteiger partial charge in [0.1, 0.15) is 4.75 Å². The Bertz CT molecular complexity index is 450. The van der Waals surface area contributed by atoms with Crippen LogP contribution in [0.5, 0.6) is 0 Å². The van der Waals surface area contributed by atoms with Crippen molar-refractivity contribution in [2.45, 2.75) is 30.9 Å². The summed E-state index contributed by atoms with van der Waals surface area (Å²) in [5, 5.41) is 3.21. The Morgan fingerprint density at radius 2 is 2.00 bits per heavy atom. The molecule has 1 aromatic rings. The second-order valence-corrected chi connectivity index (χ2v) is 7.08. The molecular formula is C8H13ClN2O3S. The summed E-state index contributed by atoms with van der Waals surface area (Å²) in [6.07, 6.45) is 1.13. The summed E-state index contributed by atoms with van der Waals surface area (Å²) in [6, 6.07) is 0. The maximum absolute atomic E-state index is 11.5. The van der Waals surface area contributed by atoms with Crippen LogP contribution in [0.1, 0.15) is 37.9 Å². The second kappa shape index (κ2) is 3.75.